The first-order chi connectivity index (χ1) is 8.99. The zero-order valence-corrected chi connectivity index (χ0v) is 12.6. The fraction of sp³-hybridized carbons (Fsp3) is 0.688. The van der Waals surface area contributed by atoms with E-state index in [1.54, 1.807) is 13.3 Å². The van der Waals surface area contributed by atoms with Gasteiger partial charge in [-0.3, -0.25) is 0 Å². The summed E-state index contributed by atoms with van der Waals surface area (Å²) in [4.78, 5) is 4.13. The zero-order chi connectivity index (χ0) is 13.9. The molecule has 1 heterocycles. The Morgan fingerprint density at radius 1 is 1.21 bits per heavy atom. The molecule has 1 aliphatic carbocycles. The largest absolute Gasteiger partial charge is 0.481 e. The normalized spacial score (nSPS) is 24.0. The van der Waals surface area contributed by atoms with Crippen molar-refractivity contribution in [3.05, 3.63) is 18.3 Å². The number of nitrogens with zero attached hydrogens (tertiary/aromatic N) is 1. The summed E-state index contributed by atoms with van der Waals surface area (Å²) in [7, 11) is 1.65. The van der Waals surface area contributed by atoms with Gasteiger partial charge in [0.25, 0.3) is 0 Å². The van der Waals surface area contributed by atoms with Crippen LogP contribution in [0.15, 0.2) is 18.3 Å². The highest BCUT2D eigenvalue weighted by molar-refractivity contribution is 5.45. The second-order valence-corrected chi connectivity index (χ2v) is 6.65. The number of hydrogen-bond donors (Lipinski definition) is 1. The Kier molecular flexibility index (Phi) is 4.33. The van der Waals surface area contributed by atoms with Gasteiger partial charge < -0.3 is 10.1 Å². The molecule has 1 aliphatic rings. The highest BCUT2D eigenvalue weighted by Gasteiger charge is 2.29. The van der Waals surface area contributed by atoms with E-state index in [9.17, 15) is 0 Å². The highest BCUT2D eigenvalue weighted by Crippen LogP contribution is 2.38. The molecule has 0 aromatic carbocycles. The maximum atomic E-state index is 5.15. The SMILES string of the molecule is COc1cc(N[C@H]2CC[C@@H](C(C)(C)C)CC2)ccn1. The van der Waals surface area contributed by atoms with Gasteiger partial charge in [0.1, 0.15) is 0 Å². The fourth-order valence-electron chi connectivity index (χ4n) is 2.95. The van der Waals surface area contributed by atoms with Gasteiger partial charge in [-0.25, -0.2) is 4.98 Å². The first-order valence-electron chi connectivity index (χ1n) is 7.25. The third-order valence-corrected chi connectivity index (χ3v) is 4.27. The van der Waals surface area contributed by atoms with Crippen LogP contribution in [-0.4, -0.2) is 18.1 Å². The molecule has 3 heteroatoms. The molecule has 19 heavy (non-hydrogen) atoms. The molecule has 0 unspecified atom stereocenters. The molecular formula is C16H26N2O. The molecule has 0 amide bonds. The predicted molar refractivity (Wildman–Crippen MR) is 79.6 cm³/mol. The van der Waals surface area contributed by atoms with E-state index >= 15 is 0 Å². The van der Waals surface area contributed by atoms with Crippen molar-refractivity contribution in [3.63, 3.8) is 0 Å². The van der Waals surface area contributed by atoms with Crippen molar-refractivity contribution < 1.29 is 4.74 Å². The van der Waals surface area contributed by atoms with Gasteiger partial charge in [0, 0.05) is 24.0 Å². The zero-order valence-electron chi connectivity index (χ0n) is 12.6. The van der Waals surface area contributed by atoms with Gasteiger partial charge in [0.15, 0.2) is 0 Å². The van der Waals surface area contributed by atoms with Gasteiger partial charge in [-0.05, 0) is 43.1 Å². The van der Waals surface area contributed by atoms with Crippen LogP contribution in [0.4, 0.5) is 5.69 Å². The van der Waals surface area contributed by atoms with E-state index in [0.29, 0.717) is 17.3 Å². The molecule has 1 aromatic rings. The Morgan fingerprint density at radius 3 is 2.47 bits per heavy atom. The van der Waals surface area contributed by atoms with Gasteiger partial charge in [-0.15, -0.1) is 0 Å². The summed E-state index contributed by atoms with van der Waals surface area (Å²) in [5, 5.41) is 3.61. The topological polar surface area (TPSA) is 34.1 Å². The lowest BCUT2D eigenvalue weighted by molar-refractivity contribution is 0.173. The predicted octanol–water partition coefficient (Wildman–Crippen LogP) is 4.11. The summed E-state index contributed by atoms with van der Waals surface area (Å²) in [6.45, 7) is 7.08. The summed E-state index contributed by atoms with van der Waals surface area (Å²) in [5.41, 5.74) is 1.57. The lowest BCUT2D eigenvalue weighted by atomic mass is 9.71. The molecule has 0 aliphatic heterocycles. The second-order valence-electron chi connectivity index (χ2n) is 6.65. The monoisotopic (exact) mass is 262 g/mol. The number of ether oxygens (including phenoxy) is 1. The molecule has 0 atom stereocenters. The van der Waals surface area contributed by atoms with E-state index in [4.69, 9.17) is 4.74 Å². The highest BCUT2D eigenvalue weighted by atomic mass is 16.5. The van der Waals surface area contributed by atoms with E-state index in [1.165, 1.54) is 25.7 Å². The quantitative estimate of drug-likeness (QED) is 0.890. The first-order valence-corrected chi connectivity index (χ1v) is 7.25. The van der Waals surface area contributed by atoms with Crippen LogP contribution in [-0.2, 0) is 0 Å². The van der Waals surface area contributed by atoms with Crippen molar-refractivity contribution in [1.82, 2.24) is 4.98 Å². The molecule has 1 fully saturated rings. The Hall–Kier alpha value is -1.25. The molecule has 0 spiro atoms. The van der Waals surface area contributed by atoms with Gasteiger partial charge in [0.05, 0.1) is 7.11 Å². The van der Waals surface area contributed by atoms with Gasteiger partial charge in [-0.1, -0.05) is 20.8 Å². The van der Waals surface area contributed by atoms with Crippen LogP contribution in [0.3, 0.4) is 0 Å². The molecular weight excluding hydrogens is 236 g/mol. The number of methoxy groups -OCH3 is 1. The van der Waals surface area contributed by atoms with E-state index in [1.807, 2.05) is 12.1 Å². The minimum atomic E-state index is 0.449. The Morgan fingerprint density at radius 2 is 1.89 bits per heavy atom. The van der Waals surface area contributed by atoms with Crippen LogP contribution in [0, 0.1) is 11.3 Å². The van der Waals surface area contributed by atoms with Crippen molar-refractivity contribution in [1.29, 1.82) is 0 Å². The second kappa shape index (κ2) is 5.81. The maximum absolute atomic E-state index is 5.15. The molecule has 3 nitrogen and oxygen atoms in total. The smallest absolute Gasteiger partial charge is 0.214 e. The average Bonchev–Trinajstić information content (AvgIpc) is 2.38. The fourth-order valence-corrected chi connectivity index (χ4v) is 2.95. The number of nitrogens with one attached hydrogen (secondary N) is 1. The van der Waals surface area contributed by atoms with E-state index in [0.717, 1.165) is 11.6 Å². The van der Waals surface area contributed by atoms with Crippen molar-refractivity contribution >= 4 is 5.69 Å². The van der Waals surface area contributed by atoms with E-state index < -0.39 is 0 Å². The van der Waals surface area contributed by atoms with E-state index in [-0.39, 0.29) is 0 Å². The Labute approximate surface area is 116 Å². The summed E-state index contributed by atoms with van der Waals surface area (Å²) in [6, 6.07) is 4.57. The Balaban J connectivity index is 1.88. The van der Waals surface area contributed by atoms with Gasteiger partial charge >= 0.3 is 0 Å². The molecule has 1 aromatic heterocycles. The van der Waals surface area contributed by atoms with Crippen LogP contribution >= 0.6 is 0 Å². The lowest BCUT2D eigenvalue weighted by Gasteiger charge is -2.37. The molecule has 0 radical (unpaired) electrons. The van der Waals surface area contributed by atoms with Crippen LogP contribution in [0.5, 0.6) is 5.88 Å². The number of anilines is 1. The number of pyridine rings is 1. The first kappa shape index (κ1) is 14.2. The van der Waals surface area contributed by atoms with Crippen LogP contribution in [0.2, 0.25) is 0 Å². The molecule has 106 valence electrons. The van der Waals surface area contributed by atoms with Gasteiger partial charge in [0.2, 0.25) is 5.88 Å². The number of hydrogen-bond acceptors (Lipinski definition) is 3. The number of aromatic nitrogens is 1. The van der Waals surface area contributed by atoms with Crippen LogP contribution in [0.1, 0.15) is 46.5 Å². The molecule has 1 N–H and O–H groups in total. The van der Waals surface area contributed by atoms with Crippen LogP contribution in [0.25, 0.3) is 0 Å². The summed E-state index contributed by atoms with van der Waals surface area (Å²) >= 11 is 0. The van der Waals surface area contributed by atoms with Gasteiger partial charge in [-0.2, -0.15) is 0 Å². The van der Waals surface area contributed by atoms with Crippen molar-refractivity contribution in [3.8, 4) is 5.88 Å². The Bertz CT molecular complexity index is 403. The molecule has 0 saturated heterocycles. The minimum absolute atomic E-state index is 0.449. The molecule has 1 saturated carbocycles. The van der Waals surface area contributed by atoms with Crippen LogP contribution < -0.4 is 10.1 Å². The summed E-state index contributed by atoms with van der Waals surface area (Å²) in [6.07, 6.45) is 6.95. The lowest BCUT2D eigenvalue weighted by Crippen LogP contribution is -2.31. The minimum Gasteiger partial charge on any atom is -0.481 e. The maximum Gasteiger partial charge on any atom is 0.214 e. The average molecular weight is 262 g/mol. The summed E-state index contributed by atoms with van der Waals surface area (Å²) < 4.78 is 5.15. The third kappa shape index (κ3) is 3.85. The standard InChI is InChI=1S/C16H26N2O/c1-16(2,3)12-5-7-13(8-6-12)18-14-9-10-17-15(11-14)19-4/h9-13H,5-8H2,1-4H3,(H,17,18)/t12-,13+. The van der Waals surface area contributed by atoms with E-state index in [2.05, 4.69) is 31.1 Å². The molecule has 2 rings (SSSR count). The van der Waals surface area contributed by atoms with Crippen molar-refractivity contribution in [2.24, 2.45) is 11.3 Å². The number of rotatable bonds is 3. The molecule has 0 bridgehead atoms. The van der Waals surface area contributed by atoms with Crippen molar-refractivity contribution in [2.75, 3.05) is 12.4 Å². The third-order valence-electron chi connectivity index (χ3n) is 4.27. The van der Waals surface area contributed by atoms with Crippen molar-refractivity contribution in [2.45, 2.75) is 52.5 Å². The summed E-state index contributed by atoms with van der Waals surface area (Å²) in [5.74, 6) is 1.53.